The van der Waals surface area contributed by atoms with Gasteiger partial charge in [-0.25, -0.2) is 4.98 Å². The molecule has 134 valence electrons. The summed E-state index contributed by atoms with van der Waals surface area (Å²) in [6.45, 7) is 4.57. The Morgan fingerprint density at radius 3 is 2.96 bits per heavy atom. The Morgan fingerprint density at radius 2 is 2.24 bits per heavy atom. The van der Waals surface area contributed by atoms with E-state index in [4.69, 9.17) is 4.74 Å². The first-order chi connectivity index (χ1) is 12.1. The molecule has 2 atom stereocenters. The fourth-order valence-electron chi connectivity index (χ4n) is 3.61. The van der Waals surface area contributed by atoms with Crippen molar-refractivity contribution >= 4 is 11.6 Å². The van der Waals surface area contributed by atoms with Gasteiger partial charge in [-0.15, -0.1) is 0 Å². The summed E-state index contributed by atoms with van der Waals surface area (Å²) >= 11 is 0. The number of carbonyl (C=O) groups is 1. The molecule has 9 heteroatoms. The van der Waals surface area contributed by atoms with Crippen molar-refractivity contribution in [2.75, 3.05) is 31.1 Å². The average molecular weight is 345 g/mol. The molecule has 2 aliphatic heterocycles. The third kappa shape index (κ3) is 3.16. The maximum absolute atomic E-state index is 13.1. The Bertz CT molecular complexity index is 755. The van der Waals surface area contributed by atoms with Crippen LogP contribution in [-0.2, 0) is 16.6 Å². The van der Waals surface area contributed by atoms with Gasteiger partial charge in [0.2, 0.25) is 5.91 Å². The number of anilines is 1. The van der Waals surface area contributed by atoms with E-state index in [0.29, 0.717) is 19.0 Å². The molecule has 2 aromatic rings. The van der Waals surface area contributed by atoms with E-state index in [2.05, 4.69) is 25.2 Å². The van der Waals surface area contributed by atoms with Gasteiger partial charge in [0.1, 0.15) is 11.9 Å². The van der Waals surface area contributed by atoms with Crippen LogP contribution >= 0.6 is 0 Å². The first kappa shape index (κ1) is 16.2. The molecule has 0 aliphatic carbocycles. The molecule has 0 aromatic carbocycles. The van der Waals surface area contributed by atoms with E-state index in [1.807, 2.05) is 25.1 Å². The second-order valence-electron chi connectivity index (χ2n) is 6.65. The first-order valence-electron chi connectivity index (χ1n) is 8.66. The third-order valence-corrected chi connectivity index (χ3v) is 4.85. The number of aromatic amines is 1. The number of H-pyrrole nitrogens is 1. The zero-order valence-electron chi connectivity index (χ0n) is 14.6. The summed E-state index contributed by atoms with van der Waals surface area (Å²) in [5.74, 6) is 1.58. The van der Waals surface area contributed by atoms with E-state index in [0.717, 1.165) is 37.4 Å². The van der Waals surface area contributed by atoms with Crippen LogP contribution in [0.15, 0.2) is 12.4 Å². The SMILES string of the molecule is Cc1nc(C2CN(C3CCCN(c4cnn(C)c4)C3=O)CCO2)n[nH]1. The van der Waals surface area contributed by atoms with E-state index >= 15 is 0 Å². The molecule has 4 heterocycles. The van der Waals surface area contributed by atoms with Gasteiger partial charge in [-0.1, -0.05) is 0 Å². The van der Waals surface area contributed by atoms with E-state index < -0.39 is 0 Å². The minimum absolute atomic E-state index is 0.125. The summed E-state index contributed by atoms with van der Waals surface area (Å²) in [5, 5.41) is 11.3. The molecule has 2 aliphatic rings. The number of rotatable bonds is 3. The van der Waals surface area contributed by atoms with Crippen molar-refractivity contribution in [3.8, 4) is 0 Å². The molecular formula is C16H23N7O2. The van der Waals surface area contributed by atoms with Gasteiger partial charge < -0.3 is 9.64 Å². The van der Waals surface area contributed by atoms with Gasteiger partial charge in [-0.3, -0.25) is 19.5 Å². The van der Waals surface area contributed by atoms with Crippen LogP contribution in [0.25, 0.3) is 0 Å². The van der Waals surface area contributed by atoms with E-state index in [9.17, 15) is 4.79 Å². The number of hydrogen-bond donors (Lipinski definition) is 1. The lowest BCUT2D eigenvalue weighted by atomic mass is 10.0. The Balaban J connectivity index is 1.49. The zero-order valence-corrected chi connectivity index (χ0v) is 14.6. The predicted molar refractivity (Wildman–Crippen MR) is 90.0 cm³/mol. The highest BCUT2D eigenvalue weighted by molar-refractivity contribution is 5.97. The average Bonchev–Trinajstić information content (AvgIpc) is 3.24. The fourth-order valence-corrected chi connectivity index (χ4v) is 3.61. The van der Waals surface area contributed by atoms with Gasteiger partial charge in [-0.2, -0.15) is 10.2 Å². The highest BCUT2D eigenvalue weighted by Crippen LogP contribution is 2.27. The normalized spacial score (nSPS) is 25.5. The van der Waals surface area contributed by atoms with Crippen LogP contribution in [0.3, 0.4) is 0 Å². The molecule has 25 heavy (non-hydrogen) atoms. The van der Waals surface area contributed by atoms with Crippen molar-refractivity contribution in [2.24, 2.45) is 7.05 Å². The molecule has 2 unspecified atom stereocenters. The number of nitrogens with zero attached hydrogens (tertiary/aromatic N) is 6. The number of aromatic nitrogens is 5. The number of amides is 1. The van der Waals surface area contributed by atoms with Gasteiger partial charge in [0.25, 0.3) is 0 Å². The molecule has 2 saturated heterocycles. The van der Waals surface area contributed by atoms with Crippen LogP contribution in [0.1, 0.15) is 30.6 Å². The minimum Gasteiger partial charge on any atom is -0.367 e. The van der Waals surface area contributed by atoms with Crippen molar-refractivity contribution < 1.29 is 9.53 Å². The maximum atomic E-state index is 13.1. The molecule has 0 saturated carbocycles. The van der Waals surface area contributed by atoms with Crippen LogP contribution in [0, 0.1) is 6.92 Å². The Labute approximate surface area is 146 Å². The molecule has 1 amide bonds. The second kappa shape index (κ2) is 6.57. The molecule has 0 radical (unpaired) electrons. The van der Waals surface area contributed by atoms with Crippen LogP contribution < -0.4 is 4.90 Å². The third-order valence-electron chi connectivity index (χ3n) is 4.85. The van der Waals surface area contributed by atoms with Crippen molar-refractivity contribution in [3.63, 3.8) is 0 Å². The van der Waals surface area contributed by atoms with Crippen molar-refractivity contribution in [1.82, 2.24) is 29.9 Å². The number of carbonyl (C=O) groups excluding carboxylic acids is 1. The maximum Gasteiger partial charge on any atom is 0.244 e. The monoisotopic (exact) mass is 345 g/mol. The fraction of sp³-hybridized carbons (Fsp3) is 0.625. The largest absolute Gasteiger partial charge is 0.367 e. The van der Waals surface area contributed by atoms with Crippen LogP contribution in [0.5, 0.6) is 0 Å². The zero-order chi connectivity index (χ0) is 17.4. The number of piperidine rings is 1. The topological polar surface area (TPSA) is 92.2 Å². The van der Waals surface area contributed by atoms with E-state index in [-0.39, 0.29) is 18.1 Å². The first-order valence-corrected chi connectivity index (χ1v) is 8.66. The Hall–Kier alpha value is -2.26. The van der Waals surface area contributed by atoms with Crippen LogP contribution in [-0.4, -0.2) is 68.1 Å². The summed E-state index contributed by atoms with van der Waals surface area (Å²) in [6, 6.07) is -0.125. The lowest BCUT2D eigenvalue weighted by Gasteiger charge is -2.41. The second-order valence-corrected chi connectivity index (χ2v) is 6.65. The molecule has 2 aromatic heterocycles. The van der Waals surface area contributed by atoms with Gasteiger partial charge in [0.05, 0.1) is 24.5 Å². The number of morpholine rings is 1. The number of aryl methyl sites for hydroxylation is 2. The quantitative estimate of drug-likeness (QED) is 0.866. The van der Waals surface area contributed by atoms with E-state index in [1.165, 1.54) is 0 Å². The molecule has 1 N–H and O–H groups in total. The molecule has 0 spiro atoms. The van der Waals surface area contributed by atoms with Crippen molar-refractivity contribution in [2.45, 2.75) is 31.9 Å². The summed E-state index contributed by atoms with van der Waals surface area (Å²) in [7, 11) is 1.86. The van der Waals surface area contributed by atoms with Crippen LogP contribution in [0.4, 0.5) is 5.69 Å². The highest BCUT2D eigenvalue weighted by atomic mass is 16.5. The minimum atomic E-state index is -0.194. The lowest BCUT2D eigenvalue weighted by molar-refractivity contribution is -0.129. The lowest BCUT2D eigenvalue weighted by Crippen LogP contribution is -2.55. The van der Waals surface area contributed by atoms with E-state index in [1.54, 1.807) is 10.9 Å². The van der Waals surface area contributed by atoms with Crippen molar-refractivity contribution in [1.29, 1.82) is 0 Å². The standard InChI is InChI=1S/C16H23N7O2/c1-11-18-15(20-19-11)14-10-22(6-7-25-14)13-4-3-5-23(16(13)24)12-8-17-21(2)9-12/h8-9,13-14H,3-7,10H2,1-2H3,(H,18,19,20). The van der Waals surface area contributed by atoms with Gasteiger partial charge >= 0.3 is 0 Å². The number of nitrogens with one attached hydrogen (secondary N) is 1. The summed E-state index contributed by atoms with van der Waals surface area (Å²) in [5.41, 5.74) is 0.867. The summed E-state index contributed by atoms with van der Waals surface area (Å²) in [6.07, 6.45) is 5.29. The van der Waals surface area contributed by atoms with Crippen molar-refractivity contribution in [3.05, 3.63) is 24.0 Å². The van der Waals surface area contributed by atoms with Crippen LogP contribution in [0.2, 0.25) is 0 Å². The molecule has 2 fully saturated rings. The Kier molecular flexibility index (Phi) is 4.26. The molecule has 0 bridgehead atoms. The predicted octanol–water partition coefficient (Wildman–Crippen LogP) is 0.416. The summed E-state index contributed by atoms with van der Waals surface area (Å²) < 4.78 is 7.55. The summed E-state index contributed by atoms with van der Waals surface area (Å²) in [4.78, 5) is 21.5. The molecule has 4 rings (SSSR count). The van der Waals surface area contributed by atoms with Gasteiger partial charge in [0, 0.05) is 32.9 Å². The number of hydrogen-bond acceptors (Lipinski definition) is 6. The van der Waals surface area contributed by atoms with Gasteiger partial charge in [0.15, 0.2) is 5.82 Å². The Morgan fingerprint density at radius 1 is 1.36 bits per heavy atom. The van der Waals surface area contributed by atoms with Gasteiger partial charge in [-0.05, 0) is 19.8 Å². The molecular weight excluding hydrogens is 322 g/mol. The smallest absolute Gasteiger partial charge is 0.244 e. The molecule has 9 nitrogen and oxygen atoms in total. The highest BCUT2D eigenvalue weighted by Gasteiger charge is 2.37. The number of ether oxygens (including phenoxy) is 1.